The van der Waals surface area contributed by atoms with Gasteiger partial charge >= 0.3 is 17.9 Å². The van der Waals surface area contributed by atoms with Crippen molar-refractivity contribution in [1.82, 2.24) is 0 Å². The molecule has 0 amide bonds. The lowest BCUT2D eigenvalue weighted by atomic mass is 9.89. The van der Waals surface area contributed by atoms with Crippen LogP contribution in [0.25, 0.3) is 0 Å². The largest absolute Gasteiger partial charge is 0.465 e. The summed E-state index contributed by atoms with van der Waals surface area (Å²) in [7, 11) is 1.32. The van der Waals surface area contributed by atoms with Gasteiger partial charge in [0.25, 0.3) is 0 Å². The minimum Gasteiger partial charge on any atom is -0.465 e. The van der Waals surface area contributed by atoms with Crippen LogP contribution >= 0.6 is 0 Å². The van der Waals surface area contributed by atoms with Crippen molar-refractivity contribution in [3.8, 4) is 0 Å². The number of methoxy groups -OCH3 is 1. The Labute approximate surface area is 180 Å². The Hall–Kier alpha value is -2.87. The van der Waals surface area contributed by atoms with Crippen LogP contribution < -0.4 is 0 Å². The molecule has 0 aromatic carbocycles. The number of hydrogen-bond acceptors (Lipinski definition) is 8. The number of carbonyl (C=O) groups is 3. The van der Waals surface area contributed by atoms with Crippen LogP contribution in [0, 0.1) is 5.92 Å². The van der Waals surface area contributed by atoms with Crippen molar-refractivity contribution in [1.29, 1.82) is 0 Å². The zero-order valence-electron chi connectivity index (χ0n) is 18.1. The van der Waals surface area contributed by atoms with Gasteiger partial charge in [-0.2, -0.15) is 0 Å². The first kappa shape index (κ1) is 21.4. The van der Waals surface area contributed by atoms with Crippen LogP contribution in [0.4, 0.5) is 0 Å². The van der Waals surface area contributed by atoms with Gasteiger partial charge in [-0.1, -0.05) is 18.2 Å². The topological polar surface area (TPSA) is 105 Å². The minimum atomic E-state index is -0.796. The molecular weight excluding hydrogens is 404 g/mol. The third kappa shape index (κ3) is 3.92. The highest BCUT2D eigenvalue weighted by Crippen LogP contribution is 2.54. The molecule has 4 heterocycles. The SMILES string of the molecule is C=C(C)[C@H]1CC=C2C(=O)O[C@H](C[C@]3(C)O[C@H]3c3cc(C(=O)OC)c(o3)C1)[C@H]2OC(C)=O. The molecule has 3 aliphatic rings. The first-order chi connectivity index (χ1) is 14.6. The number of carbonyl (C=O) groups excluding carboxylic acids is 3. The second kappa shape index (κ2) is 7.67. The Kier molecular flexibility index (Phi) is 5.29. The van der Waals surface area contributed by atoms with E-state index in [4.69, 9.17) is 23.4 Å². The minimum absolute atomic E-state index is 0.119. The normalized spacial score (nSPS) is 31.7. The second-order valence-corrected chi connectivity index (χ2v) is 8.61. The van der Waals surface area contributed by atoms with Crippen LogP contribution in [0.1, 0.15) is 61.6 Å². The van der Waals surface area contributed by atoms with Gasteiger partial charge in [0.1, 0.15) is 34.9 Å². The highest BCUT2D eigenvalue weighted by Gasteiger charge is 2.59. The van der Waals surface area contributed by atoms with Crippen molar-refractivity contribution in [2.75, 3.05) is 7.11 Å². The standard InChI is InChI=1S/C23H26O8/c1-11(2)13-6-7-14-19(28-12(3)24)18(30-22(14)26)10-23(4)20(31-23)17-9-15(21(25)27-5)16(8-13)29-17/h7,9,13,18-20H,1,6,8,10H2,2-5H3/t13-,18+,19-,20-,23-/m0/s1. The van der Waals surface area contributed by atoms with E-state index in [1.54, 1.807) is 12.1 Å². The van der Waals surface area contributed by atoms with Crippen molar-refractivity contribution in [2.24, 2.45) is 5.92 Å². The summed E-state index contributed by atoms with van der Waals surface area (Å²) in [5, 5.41) is 0. The maximum absolute atomic E-state index is 12.6. The molecule has 1 aromatic rings. The Bertz CT molecular complexity index is 986. The average molecular weight is 430 g/mol. The summed E-state index contributed by atoms with van der Waals surface area (Å²) in [6, 6.07) is 1.66. The van der Waals surface area contributed by atoms with Gasteiger partial charge < -0.3 is 23.4 Å². The van der Waals surface area contributed by atoms with Gasteiger partial charge in [0.15, 0.2) is 6.10 Å². The Morgan fingerprint density at radius 1 is 1.29 bits per heavy atom. The quantitative estimate of drug-likeness (QED) is 0.312. The van der Waals surface area contributed by atoms with Crippen molar-refractivity contribution >= 4 is 17.9 Å². The van der Waals surface area contributed by atoms with Crippen LogP contribution in [-0.4, -0.2) is 42.8 Å². The predicted octanol–water partition coefficient (Wildman–Crippen LogP) is 3.21. The van der Waals surface area contributed by atoms with Crippen LogP contribution in [-0.2, 0) is 35.0 Å². The zero-order valence-corrected chi connectivity index (χ0v) is 18.1. The van der Waals surface area contributed by atoms with Crippen molar-refractivity contribution in [3.05, 3.63) is 47.0 Å². The molecule has 0 unspecified atom stereocenters. The van der Waals surface area contributed by atoms with E-state index in [0.29, 0.717) is 41.9 Å². The van der Waals surface area contributed by atoms with Gasteiger partial charge in [0.2, 0.25) is 0 Å². The molecule has 4 rings (SSSR count). The molecule has 166 valence electrons. The third-order valence-electron chi connectivity index (χ3n) is 6.16. The smallest absolute Gasteiger partial charge is 0.341 e. The molecule has 0 radical (unpaired) electrons. The maximum atomic E-state index is 12.6. The number of furan rings is 1. The lowest BCUT2D eigenvalue weighted by Crippen LogP contribution is -2.31. The highest BCUT2D eigenvalue weighted by atomic mass is 16.6. The van der Waals surface area contributed by atoms with E-state index in [1.165, 1.54) is 14.0 Å². The molecule has 0 N–H and O–H groups in total. The number of hydrogen-bond donors (Lipinski definition) is 0. The van der Waals surface area contributed by atoms with E-state index in [9.17, 15) is 14.4 Å². The molecule has 2 fully saturated rings. The zero-order chi connectivity index (χ0) is 22.5. The molecular formula is C23H26O8. The van der Waals surface area contributed by atoms with Gasteiger partial charge in [0, 0.05) is 19.8 Å². The summed E-state index contributed by atoms with van der Waals surface area (Å²) in [6.45, 7) is 9.11. The summed E-state index contributed by atoms with van der Waals surface area (Å²) < 4.78 is 27.9. The molecule has 0 saturated carbocycles. The van der Waals surface area contributed by atoms with Crippen molar-refractivity contribution in [2.45, 2.75) is 63.9 Å². The molecule has 8 nitrogen and oxygen atoms in total. The summed E-state index contributed by atoms with van der Waals surface area (Å²) in [6.07, 6.45) is 1.00. The number of rotatable bonds is 3. The van der Waals surface area contributed by atoms with Crippen LogP contribution in [0.15, 0.2) is 34.3 Å². The number of fused-ring (bicyclic) bond motifs is 6. The fourth-order valence-corrected chi connectivity index (χ4v) is 4.36. The van der Waals surface area contributed by atoms with Gasteiger partial charge in [-0.3, -0.25) is 4.79 Å². The molecule has 2 saturated heterocycles. The van der Waals surface area contributed by atoms with Crippen molar-refractivity contribution in [3.63, 3.8) is 0 Å². The van der Waals surface area contributed by atoms with Crippen molar-refractivity contribution < 1.29 is 37.7 Å². The van der Waals surface area contributed by atoms with Gasteiger partial charge in [-0.05, 0) is 32.3 Å². The number of allylic oxidation sites excluding steroid dienone is 2. The average Bonchev–Trinajstić information content (AvgIpc) is 3.04. The Balaban J connectivity index is 1.77. The fourth-order valence-electron chi connectivity index (χ4n) is 4.36. The van der Waals surface area contributed by atoms with Crippen LogP contribution in [0.5, 0.6) is 0 Å². The molecule has 1 aromatic heterocycles. The van der Waals surface area contributed by atoms with Crippen LogP contribution in [0.2, 0.25) is 0 Å². The number of esters is 3. The highest BCUT2D eigenvalue weighted by molar-refractivity contribution is 5.93. The summed E-state index contributed by atoms with van der Waals surface area (Å²) >= 11 is 0. The van der Waals surface area contributed by atoms with Gasteiger partial charge in [0.05, 0.1) is 12.7 Å². The summed E-state index contributed by atoms with van der Waals surface area (Å²) in [5.74, 6) is -0.577. The molecule has 8 heteroatoms. The van der Waals surface area contributed by atoms with E-state index in [0.717, 1.165) is 5.57 Å². The van der Waals surface area contributed by atoms with E-state index in [-0.39, 0.29) is 5.92 Å². The first-order valence-corrected chi connectivity index (χ1v) is 10.3. The third-order valence-corrected chi connectivity index (χ3v) is 6.16. The lowest BCUT2D eigenvalue weighted by molar-refractivity contribution is -0.151. The van der Waals surface area contributed by atoms with E-state index in [2.05, 4.69) is 6.58 Å². The van der Waals surface area contributed by atoms with E-state index in [1.807, 2.05) is 13.8 Å². The number of epoxide rings is 1. The number of ether oxygens (including phenoxy) is 4. The molecule has 5 atom stereocenters. The van der Waals surface area contributed by atoms with Crippen LogP contribution in [0.3, 0.4) is 0 Å². The van der Waals surface area contributed by atoms with E-state index >= 15 is 0 Å². The van der Waals surface area contributed by atoms with Gasteiger partial charge in [-0.15, -0.1) is 0 Å². The fraction of sp³-hybridized carbons (Fsp3) is 0.522. The molecule has 0 aliphatic carbocycles. The summed E-state index contributed by atoms with van der Waals surface area (Å²) in [5.41, 5.74) is 0.849. The Morgan fingerprint density at radius 2 is 2.03 bits per heavy atom. The Morgan fingerprint density at radius 3 is 2.68 bits per heavy atom. The molecule has 4 bridgehead atoms. The first-order valence-electron chi connectivity index (χ1n) is 10.3. The van der Waals surface area contributed by atoms with E-state index < -0.39 is 41.8 Å². The molecule has 31 heavy (non-hydrogen) atoms. The maximum Gasteiger partial charge on any atom is 0.341 e. The molecule has 0 spiro atoms. The summed E-state index contributed by atoms with van der Waals surface area (Å²) in [4.78, 5) is 36.6. The monoisotopic (exact) mass is 430 g/mol. The lowest BCUT2D eigenvalue weighted by Gasteiger charge is -2.20. The van der Waals surface area contributed by atoms with Gasteiger partial charge in [-0.25, -0.2) is 9.59 Å². The predicted molar refractivity (Wildman–Crippen MR) is 107 cm³/mol. The molecule has 3 aliphatic heterocycles. The second-order valence-electron chi connectivity index (χ2n) is 8.61.